The topological polar surface area (TPSA) is 66.0 Å². The monoisotopic (exact) mass is 252 g/mol. The summed E-state index contributed by atoms with van der Waals surface area (Å²) in [5, 5.41) is 11.5. The first kappa shape index (κ1) is 10.6. The number of aliphatic carboxylic acids is 1. The van der Waals surface area contributed by atoms with Crippen LogP contribution >= 0.6 is 0 Å². The summed E-state index contributed by atoms with van der Waals surface area (Å²) in [5.41, 5.74) is 2.26. The minimum Gasteiger partial charge on any atom is -0.481 e. The Morgan fingerprint density at radius 1 is 1.21 bits per heavy atom. The average molecular weight is 252 g/mol. The minimum absolute atomic E-state index is 0.649. The molecule has 1 aliphatic rings. The molecule has 0 amide bonds. The van der Waals surface area contributed by atoms with Crippen molar-refractivity contribution in [1.82, 2.24) is 9.97 Å². The average Bonchev–Trinajstić information content (AvgIpc) is 3.15. The fraction of sp³-hybridized carbons (Fsp3) is 0.200. The van der Waals surface area contributed by atoms with Crippen LogP contribution in [0.25, 0.3) is 21.8 Å². The number of carboxylic acids is 1. The molecule has 1 saturated carbocycles. The van der Waals surface area contributed by atoms with E-state index in [0.29, 0.717) is 0 Å². The fourth-order valence-corrected chi connectivity index (χ4v) is 2.79. The molecule has 4 nitrogen and oxygen atoms in total. The fourth-order valence-electron chi connectivity index (χ4n) is 2.79. The Balaban J connectivity index is 1.97. The summed E-state index contributed by atoms with van der Waals surface area (Å²) < 4.78 is 0. The molecular formula is C15H12N2O2. The minimum atomic E-state index is -0.718. The summed E-state index contributed by atoms with van der Waals surface area (Å²) in [6.45, 7) is 0. The SMILES string of the molecule is O=C(O)C1(c2ccc3c(c2)[nH]c2ccncc23)CC1. The molecule has 1 aromatic carbocycles. The maximum absolute atomic E-state index is 11.4. The highest BCUT2D eigenvalue weighted by atomic mass is 16.4. The van der Waals surface area contributed by atoms with Gasteiger partial charge in [0.05, 0.1) is 5.41 Å². The van der Waals surface area contributed by atoms with Crippen LogP contribution in [0.15, 0.2) is 36.7 Å². The summed E-state index contributed by atoms with van der Waals surface area (Å²) in [5.74, 6) is -0.718. The molecule has 2 N–H and O–H groups in total. The van der Waals surface area contributed by atoms with Crippen LogP contribution in [0.1, 0.15) is 18.4 Å². The molecule has 0 bridgehead atoms. The molecule has 94 valence electrons. The third kappa shape index (κ3) is 1.34. The van der Waals surface area contributed by atoms with Gasteiger partial charge in [0.15, 0.2) is 0 Å². The Kier molecular flexibility index (Phi) is 1.86. The van der Waals surface area contributed by atoms with Crippen LogP contribution in [-0.2, 0) is 10.2 Å². The predicted molar refractivity (Wildman–Crippen MR) is 72.1 cm³/mol. The van der Waals surface area contributed by atoms with Crippen molar-refractivity contribution in [1.29, 1.82) is 0 Å². The number of carbonyl (C=O) groups is 1. The van der Waals surface area contributed by atoms with Gasteiger partial charge in [0.2, 0.25) is 0 Å². The van der Waals surface area contributed by atoms with E-state index in [1.165, 1.54) is 0 Å². The van der Waals surface area contributed by atoms with Gasteiger partial charge in [0, 0.05) is 34.2 Å². The highest BCUT2D eigenvalue weighted by Gasteiger charge is 2.51. The lowest BCUT2D eigenvalue weighted by molar-refractivity contribution is -0.140. The number of rotatable bonds is 2. The second kappa shape index (κ2) is 3.35. The van der Waals surface area contributed by atoms with Crippen LogP contribution in [0.3, 0.4) is 0 Å². The summed E-state index contributed by atoms with van der Waals surface area (Å²) >= 11 is 0. The van der Waals surface area contributed by atoms with Crippen molar-refractivity contribution in [2.45, 2.75) is 18.3 Å². The van der Waals surface area contributed by atoms with E-state index >= 15 is 0 Å². The van der Waals surface area contributed by atoms with Crippen molar-refractivity contribution < 1.29 is 9.90 Å². The number of benzene rings is 1. The molecule has 0 spiro atoms. The Morgan fingerprint density at radius 2 is 2.05 bits per heavy atom. The van der Waals surface area contributed by atoms with E-state index in [9.17, 15) is 9.90 Å². The van der Waals surface area contributed by atoms with Gasteiger partial charge in [0.1, 0.15) is 0 Å². The molecule has 0 unspecified atom stereocenters. The van der Waals surface area contributed by atoms with Crippen LogP contribution in [0.4, 0.5) is 0 Å². The quantitative estimate of drug-likeness (QED) is 0.737. The van der Waals surface area contributed by atoms with Crippen LogP contribution in [0.5, 0.6) is 0 Å². The molecule has 4 rings (SSSR count). The van der Waals surface area contributed by atoms with Gasteiger partial charge < -0.3 is 10.1 Å². The number of hydrogen-bond donors (Lipinski definition) is 2. The van der Waals surface area contributed by atoms with E-state index < -0.39 is 11.4 Å². The van der Waals surface area contributed by atoms with Crippen LogP contribution in [-0.4, -0.2) is 21.0 Å². The Hall–Kier alpha value is -2.36. The van der Waals surface area contributed by atoms with Gasteiger partial charge in [-0.05, 0) is 30.5 Å². The van der Waals surface area contributed by atoms with Gasteiger partial charge in [-0.3, -0.25) is 9.78 Å². The number of aromatic nitrogens is 2. The molecule has 0 atom stereocenters. The maximum Gasteiger partial charge on any atom is 0.314 e. The highest BCUT2D eigenvalue weighted by Crippen LogP contribution is 2.49. The lowest BCUT2D eigenvalue weighted by Gasteiger charge is -2.09. The molecule has 0 radical (unpaired) electrons. The predicted octanol–water partition coefficient (Wildman–Crippen LogP) is 2.83. The van der Waals surface area contributed by atoms with Crippen LogP contribution < -0.4 is 0 Å². The first-order valence-electron chi connectivity index (χ1n) is 6.30. The second-order valence-corrected chi connectivity index (χ2v) is 5.19. The van der Waals surface area contributed by atoms with Crippen molar-refractivity contribution in [3.8, 4) is 0 Å². The van der Waals surface area contributed by atoms with Crippen molar-refractivity contribution in [3.63, 3.8) is 0 Å². The number of nitrogens with zero attached hydrogens (tertiary/aromatic N) is 1. The first-order chi connectivity index (χ1) is 9.21. The number of H-pyrrole nitrogens is 1. The zero-order valence-corrected chi connectivity index (χ0v) is 10.2. The standard InChI is InChI=1S/C15H12N2O2/c18-14(19)15(4-5-15)9-1-2-10-11-8-16-6-3-12(11)17-13(10)7-9/h1-3,6-8,17H,4-5H2,(H,18,19). The van der Waals surface area contributed by atoms with Gasteiger partial charge >= 0.3 is 5.97 Å². The largest absolute Gasteiger partial charge is 0.481 e. The number of fused-ring (bicyclic) bond motifs is 3. The molecule has 2 aromatic heterocycles. The van der Waals surface area contributed by atoms with E-state index in [-0.39, 0.29) is 0 Å². The molecular weight excluding hydrogens is 240 g/mol. The molecule has 4 heteroatoms. The van der Waals surface area contributed by atoms with Gasteiger partial charge in [-0.2, -0.15) is 0 Å². The zero-order valence-electron chi connectivity index (χ0n) is 10.2. The number of aromatic amines is 1. The smallest absolute Gasteiger partial charge is 0.314 e. The van der Waals surface area contributed by atoms with Gasteiger partial charge in [0.25, 0.3) is 0 Å². The lowest BCUT2D eigenvalue weighted by Crippen LogP contribution is -2.19. The Labute approximate surface area is 109 Å². The van der Waals surface area contributed by atoms with Crippen LogP contribution in [0, 0.1) is 0 Å². The number of nitrogens with one attached hydrogen (secondary N) is 1. The van der Waals surface area contributed by atoms with E-state index in [1.54, 1.807) is 6.20 Å². The van der Waals surface area contributed by atoms with Gasteiger partial charge in [-0.25, -0.2) is 0 Å². The van der Waals surface area contributed by atoms with E-state index in [4.69, 9.17) is 0 Å². The third-order valence-corrected chi connectivity index (χ3v) is 4.11. The Morgan fingerprint density at radius 3 is 2.79 bits per heavy atom. The molecule has 3 aromatic rings. The molecule has 1 fully saturated rings. The van der Waals surface area contributed by atoms with Crippen molar-refractivity contribution >= 4 is 27.8 Å². The first-order valence-corrected chi connectivity index (χ1v) is 6.30. The molecule has 19 heavy (non-hydrogen) atoms. The third-order valence-electron chi connectivity index (χ3n) is 4.11. The van der Waals surface area contributed by atoms with E-state index in [1.807, 2.05) is 30.5 Å². The van der Waals surface area contributed by atoms with Crippen molar-refractivity contribution in [2.24, 2.45) is 0 Å². The second-order valence-electron chi connectivity index (χ2n) is 5.19. The maximum atomic E-state index is 11.4. The summed E-state index contributed by atoms with van der Waals surface area (Å²) in [6, 6.07) is 7.83. The molecule has 2 heterocycles. The Bertz CT molecular complexity index is 815. The molecule has 1 aliphatic carbocycles. The summed E-state index contributed by atoms with van der Waals surface area (Å²) in [7, 11) is 0. The summed E-state index contributed by atoms with van der Waals surface area (Å²) in [4.78, 5) is 18.8. The molecule has 0 aliphatic heterocycles. The molecule has 0 saturated heterocycles. The number of hydrogen-bond acceptors (Lipinski definition) is 2. The lowest BCUT2D eigenvalue weighted by atomic mass is 9.95. The van der Waals surface area contributed by atoms with Gasteiger partial charge in [-0.1, -0.05) is 12.1 Å². The van der Waals surface area contributed by atoms with Crippen LogP contribution in [0.2, 0.25) is 0 Å². The van der Waals surface area contributed by atoms with Crippen molar-refractivity contribution in [3.05, 3.63) is 42.2 Å². The van der Waals surface area contributed by atoms with E-state index in [0.717, 1.165) is 40.2 Å². The van der Waals surface area contributed by atoms with Crippen molar-refractivity contribution in [2.75, 3.05) is 0 Å². The number of carboxylic acid groups (broad SMARTS) is 1. The zero-order chi connectivity index (χ0) is 13.0. The normalized spacial score (nSPS) is 16.8. The summed E-state index contributed by atoms with van der Waals surface area (Å²) in [6.07, 6.45) is 5.04. The van der Waals surface area contributed by atoms with E-state index in [2.05, 4.69) is 9.97 Å². The number of pyridine rings is 1. The highest BCUT2D eigenvalue weighted by molar-refractivity contribution is 6.07. The van der Waals surface area contributed by atoms with Gasteiger partial charge in [-0.15, -0.1) is 0 Å².